The maximum absolute atomic E-state index is 5.47. The minimum Gasteiger partial charge on any atom is -0.381 e. The first-order valence-corrected chi connectivity index (χ1v) is 6.72. The lowest BCUT2D eigenvalue weighted by Crippen LogP contribution is -2.57. The largest absolute Gasteiger partial charge is 0.381 e. The van der Waals surface area contributed by atoms with Crippen molar-refractivity contribution in [3.63, 3.8) is 0 Å². The molecule has 2 heterocycles. The molecule has 3 atom stereocenters. The van der Waals surface area contributed by atoms with Crippen molar-refractivity contribution in [2.24, 2.45) is 11.8 Å². The van der Waals surface area contributed by atoms with Crippen molar-refractivity contribution in [2.75, 3.05) is 32.8 Å². The molecular formula is C13H26N2O. The van der Waals surface area contributed by atoms with E-state index >= 15 is 0 Å². The molecule has 94 valence electrons. The third kappa shape index (κ3) is 2.96. The van der Waals surface area contributed by atoms with E-state index < -0.39 is 0 Å². The summed E-state index contributed by atoms with van der Waals surface area (Å²) in [5.74, 6) is 1.50. The van der Waals surface area contributed by atoms with E-state index in [0.29, 0.717) is 12.1 Å². The van der Waals surface area contributed by atoms with Crippen LogP contribution in [0.3, 0.4) is 0 Å². The van der Waals surface area contributed by atoms with Gasteiger partial charge in [-0.1, -0.05) is 13.8 Å². The summed E-state index contributed by atoms with van der Waals surface area (Å²) in [5, 5.41) is 3.65. The van der Waals surface area contributed by atoms with Crippen LogP contribution in [0.25, 0.3) is 0 Å². The van der Waals surface area contributed by atoms with Crippen LogP contribution < -0.4 is 5.32 Å². The molecule has 3 nitrogen and oxygen atoms in total. The van der Waals surface area contributed by atoms with Crippen molar-refractivity contribution in [1.29, 1.82) is 0 Å². The molecule has 0 radical (unpaired) electrons. The SMILES string of the molecule is CC(C)C1CN(CC2CCOC2)C(C)CN1. The van der Waals surface area contributed by atoms with Gasteiger partial charge in [0.25, 0.3) is 0 Å². The molecule has 3 heteroatoms. The van der Waals surface area contributed by atoms with Crippen molar-refractivity contribution in [3.05, 3.63) is 0 Å². The summed E-state index contributed by atoms with van der Waals surface area (Å²) in [5.41, 5.74) is 0. The van der Waals surface area contributed by atoms with Crippen LogP contribution in [0.2, 0.25) is 0 Å². The molecule has 2 saturated heterocycles. The predicted molar refractivity (Wildman–Crippen MR) is 66.6 cm³/mol. The maximum Gasteiger partial charge on any atom is 0.0507 e. The summed E-state index contributed by atoms with van der Waals surface area (Å²) in [6.45, 7) is 12.5. The van der Waals surface area contributed by atoms with Crippen LogP contribution in [0.5, 0.6) is 0 Å². The standard InChI is InChI=1S/C13H26N2O/c1-10(2)13-8-15(11(3)6-14-13)7-12-4-5-16-9-12/h10-14H,4-9H2,1-3H3. The lowest BCUT2D eigenvalue weighted by Gasteiger charge is -2.41. The molecule has 1 N–H and O–H groups in total. The van der Waals surface area contributed by atoms with Gasteiger partial charge in [0.1, 0.15) is 0 Å². The van der Waals surface area contributed by atoms with Crippen LogP contribution in [0.4, 0.5) is 0 Å². The summed E-state index contributed by atoms with van der Waals surface area (Å²) >= 11 is 0. The van der Waals surface area contributed by atoms with E-state index in [1.165, 1.54) is 19.5 Å². The van der Waals surface area contributed by atoms with Gasteiger partial charge in [-0.05, 0) is 25.2 Å². The highest BCUT2D eigenvalue weighted by Crippen LogP contribution is 2.18. The fourth-order valence-electron chi connectivity index (χ4n) is 2.71. The van der Waals surface area contributed by atoms with Crippen LogP contribution in [0.1, 0.15) is 27.2 Å². The van der Waals surface area contributed by atoms with E-state index in [1.807, 2.05) is 0 Å². The molecule has 0 aromatic carbocycles. The van der Waals surface area contributed by atoms with Gasteiger partial charge in [-0.3, -0.25) is 4.90 Å². The Kier molecular flexibility index (Phi) is 4.22. The Bertz CT molecular complexity index is 212. The van der Waals surface area contributed by atoms with Gasteiger partial charge < -0.3 is 10.1 Å². The molecule has 2 rings (SSSR count). The minimum absolute atomic E-state index is 0.665. The van der Waals surface area contributed by atoms with Crippen LogP contribution in [-0.4, -0.2) is 49.8 Å². The molecule has 0 aliphatic carbocycles. The molecule has 2 aliphatic rings. The van der Waals surface area contributed by atoms with Crippen LogP contribution in [-0.2, 0) is 4.74 Å². The van der Waals surface area contributed by atoms with Gasteiger partial charge in [0, 0.05) is 38.3 Å². The van der Waals surface area contributed by atoms with Gasteiger partial charge in [0.2, 0.25) is 0 Å². The zero-order valence-corrected chi connectivity index (χ0v) is 10.9. The van der Waals surface area contributed by atoms with Gasteiger partial charge >= 0.3 is 0 Å². The van der Waals surface area contributed by atoms with Gasteiger partial charge in [-0.15, -0.1) is 0 Å². The Morgan fingerprint density at radius 3 is 2.88 bits per heavy atom. The first-order valence-electron chi connectivity index (χ1n) is 6.72. The lowest BCUT2D eigenvalue weighted by molar-refractivity contribution is 0.0978. The smallest absolute Gasteiger partial charge is 0.0507 e. The second-order valence-electron chi connectivity index (χ2n) is 5.79. The quantitative estimate of drug-likeness (QED) is 0.786. The molecule has 2 aliphatic heterocycles. The van der Waals surface area contributed by atoms with E-state index in [-0.39, 0.29) is 0 Å². The molecule has 2 fully saturated rings. The van der Waals surface area contributed by atoms with Crippen LogP contribution in [0.15, 0.2) is 0 Å². The molecule has 3 unspecified atom stereocenters. The number of nitrogens with one attached hydrogen (secondary N) is 1. The van der Waals surface area contributed by atoms with Crippen molar-refractivity contribution in [1.82, 2.24) is 10.2 Å². The molecule has 0 bridgehead atoms. The van der Waals surface area contributed by atoms with E-state index in [1.54, 1.807) is 0 Å². The van der Waals surface area contributed by atoms with Gasteiger partial charge in [-0.2, -0.15) is 0 Å². The zero-order chi connectivity index (χ0) is 11.5. The van der Waals surface area contributed by atoms with Crippen molar-refractivity contribution in [2.45, 2.75) is 39.3 Å². The number of hydrogen-bond acceptors (Lipinski definition) is 3. The van der Waals surface area contributed by atoms with E-state index in [9.17, 15) is 0 Å². The Morgan fingerprint density at radius 1 is 1.44 bits per heavy atom. The monoisotopic (exact) mass is 226 g/mol. The Morgan fingerprint density at radius 2 is 2.25 bits per heavy atom. The van der Waals surface area contributed by atoms with Crippen molar-refractivity contribution in [3.8, 4) is 0 Å². The molecule has 0 amide bonds. The lowest BCUT2D eigenvalue weighted by atomic mass is 9.98. The van der Waals surface area contributed by atoms with Crippen LogP contribution >= 0.6 is 0 Å². The van der Waals surface area contributed by atoms with Crippen LogP contribution in [0, 0.1) is 11.8 Å². The summed E-state index contributed by atoms with van der Waals surface area (Å²) in [4.78, 5) is 2.65. The minimum atomic E-state index is 0.665. The number of rotatable bonds is 3. The summed E-state index contributed by atoms with van der Waals surface area (Å²) in [6, 6.07) is 1.34. The average molecular weight is 226 g/mol. The third-order valence-electron chi connectivity index (χ3n) is 4.05. The zero-order valence-electron chi connectivity index (χ0n) is 10.9. The van der Waals surface area contributed by atoms with Gasteiger partial charge in [0.15, 0.2) is 0 Å². The first kappa shape index (κ1) is 12.3. The topological polar surface area (TPSA) is 24.5 Å². The fourth-order valence-corrected chi connectivity index (χ4v) is 2.71. The molecule has 0 saturated carbocycles. The highest BCUT2D eigenvalue weighted by Gasteiger charge is 2.29. The van der Waals surface area contributed by atoms with Crippen molar-refractivity contribution < 1.29 is 4.74 Å². The number of ether oxygens (including phenoxy) is 1. The number of hydrogen-bond donors (Lipinski definition) is 1. The Hall–Kier alpha value is -0.120. The Labute approximate surface area is 99.5 Å². The van der Waals surface area contributed by atoms with Gasteiger partial charge in [-0.25, -0.2) is 0 Å². The molecule has 0 spiro atoms. The molecule has 0 aromatic rings. The maximum atomic E-state index is 5.47. The molecule has 16 heavy (non-hydrogen) atoms. The average Bonchev–Trinajstić information content (AvgIpc) is 2.73. The summed E-state index contributed by atoms with van der Waals surface area (Å²) in [7, 11) is 0. The molecular weight excluding hydrogens is 200 g/mol. The highest BCUT2D eigenvalue weighted by atomic mass is 16.5. The highest BCUT2D eigenvalue weighted by molar-refractivity contribution is 4.86. The number of piperazine rings is 1. The summed E-state index contributed by atoms with van der Waals surface area (Å²) < 4.78 is 5.47. The fraction of sp³-hybridized carbons (Fsp3) is 1.00. The van der Waals surface area contributed by atoms with Gasteiger partial charge in [0.05, 0.1) is 6.61 Å². The Balaban J connectivity index is 1.85. The van der Waals surface area contributed by atoms with E-state index in [0.717, 1.165) is 31.6 Å². The van der Waals surface area contributed by atoms with E-state index in [2.05, 4.69) is 31.0 Å². The van der Waals surface area contributed by atoms with E-state index in [4.69, 9.17) is 4.74 Å². The third-order valence-corrected chi connectivity index (χ3v) is 4.05. The second-order valence-corrected chi connectivity index (χ2v) is 5.79. The predicted octanol–water partition coefficient (Wildman–Crippen LogP) is 1.34. The number of nitrogens with zero attached hydrogens (tertiary/aromatic N) is 1. The summed E-state index contributed by atoms with van der Waals surface area (Å²) in [6.07, 6.45) is 1.25. The normalized spacial score (nSPS) is 37.1. The molecule has 0 aromatic heterocycles. The van der Waals surface area contributed by atoms with Crippen molar-refractivity contribution >= 4 is 0 Å². The second kappa shape index (κ2) is 5.48. The first-order chi connectivity index (χ1) is 7.66.